The van der Waals surface area contributed by atoms with Crippen molar-refractivity contribution in [3.05, 3.63) is 99.6 Å². The Labute approximate surface area is 255 Å². The van der Waals surface area contributed by atoms with Crippen LogP contribution in [-0.2, 0) is 21.8 Å². The molecule has 1 fully saturated rings. The number of benzene rings is 3. The summed E-state index contributed by atoms with van der Waals surface area (Å²) in [6, 6.07) is 19.1. The molecule has 3 heterocycles. The van der Waals surface area contributed by atoms with E-state index in [1.165, 1.54) is 28.0 Å². The highest BCUT2D eigenvalue weighted by Crippen LogP contribution is 2.45. The third kappa shape index (κ3) is 5.37. The van der Waals surface area contributed by atoms with E-state index in [1.807, 2.05) is 44.2 Å². The van der Waals surface area contributed by atoms with Crippen molar-refractivity contribution < 1.29 is 24.2 Å². The van der Waals surface area contributed by atoms with Gasteiger partial charge in [-0.25, -0.2) is 0 Å². The largest absolute Gasteiger partial charge is 0.507 e. The van der Waals surface area contributed by atoms with Crippen molar-refractivity contribution >= 4 is 57.3 Å². The monoisotopic (exact) mass is 619 g/mol. The van der Waals surface area contributed by atoms with Crippen molar-refractivity contribution in [3.63, 3.8) is 0 Å². The number of amides is 1. The average Bonchev–Trinajstić information content (AvgIpc) is 3.67. The topological polar surface area (TPSA) is 102 Å². The van der Waals surface area contributed by atoms with Gasteiger partial charge in [-0.3, -0.25) is 14.5 Å². The molecule has 0 aliphatic carbocycles. The minimum Gasteiger partial charge on any atom is -0.507 e. The van der Waals surface area contributed by atoms with Gasteiger partial charge in [0, 0.05) is 22.8 Å². The third-order valence-corrected chi connectivity index (χ3v) is 9.48. The van der Waals surface area contributed by atoms with Gasteiger partial charge < -0.3 is 14.6 Å². The molecule has 0 spiro atoms. The van der Waals surface area contributed by atoms with Crippen molar-refractivity contribution in [1.29, 1.82) is 0 Å². The van der Waals surface area contributed by atoms with Crippen LogP contribution in [0.2, 0.25) is 5.02 Å². The van der Waals surface area contributed by atoms with Crippen molar-refractivity contribution in [3.8, 4) is 11.5 Å². The molecule has 1 N–H and O–H groups in total. The van der Waals surface area contributed by atoms with Gasteiger partial charge in [-0.2, -0.15) is 0 Å². The molecule has 0 unspecified atom stereocenters. The third-order valence-electron chi connectivity index (χ3n) is 7.01. The number of hydrogen-bond donors (Lipinski definition) is 1. The zero-order chi connectivity index (χ0) is 29.4. The summed E-state index contributed by atoms with van der Waals surface area (Å²) in [6.45, 7) is 4.29. The van der Waals surface area contributed by atoms with E-state index in [0.717, 1.165) is 16.9 Å². The normalized spacial score (nSPS) is 19.2. The van der Waals surface area contributed by atoms with Crippen LogP contribution in [0.4, 0.5) is 5.13 Å². The van der Waals surface area contributed by atoms with E-state index >= 15 is 0 Å². The first kappa shape index (κ1) is 28.3. The fourth-order valence-corrected chi connectivity index (χ4v) is 7.28. The lowest BCUT2D eigenvalue weighted by Crippen LogP contribution is -2.29. The molecule has 1 amide bonds. The molecule has 0 radical (unpaired) electrons. The Morgan fingerprint density at radius 2 is 1.98 bits per heavy atom. The van der Waals surface area contributed by atoms with E-state index < -0.39 is 17.7 Å². The molecule has 2 aliphatic rings. The van der Waals surface area contributed by atoms with Gasteiger partial charge in [0.15, 0.2) is 4.34 Å². The molecule has 4 aromatic rings. The summed E-state index contributed by atoms with van der Waals surface area (Å²) < 4.78 is 12.1. The number of fused-ring (bicyclic) bond motifs is 1. The van der Waals surface area contributed by atoms with Gasteiger partial charge in [-0.1, -0.05) is 65.0 Å². The average molecular weight is 620 g/mol. The molecule has 2 atom stereocenters. The molecule has 42 heavy (non-hydrogen) atoms. The highest BCUT2D eigenvalue weighted by molar-refractivity contribution is 8.00. The second-order valence-electron chi connectivity index (χ2n) is 9.86. The van der Waals surface area contributed by atoms with Crippen LogP contribution in [0.15, 0.2) is 76.6 Å². The van der Waals surface area contributed by atoms with Gasteiger partial charge >= 0.3 is 5.91 Å². The fraction of sp³-hybridized carbons (Fsp3) is 0.226. The summed E-state index contributed by atoms with van der Waals surface area (Å²) >= 11 is 8.94. The SMILES string of the molecule is CCOc1cccc([C@H]2/C(=C(\O)c3ccc4c(c3)C[C@H](C)O4)C(=O)C(=O)N2c2nnc(SCc3ccccc3Cl)s2)c1. The van der Waals surface area contributed by atoms with Gasteiger partial charge in [0.2, 0.25) is 5.13 Å². The summed E-state index contributed by atoms with van der Waals surface area (Å²) in [7, 11) is 0. The zero-order valence-electron chi connectivity index (χ0n) is 22.7. The van der Waals surface area contributed by atoms with Crippen molar-refractivity contribution in [2.45, 2.75) is 42.5 Å². The summed E-state index contributed by atoms with van der Waals surface area (Å²) in [5, 5.41) is 21.1. The Morgan fingerprint density at radius 3 is 2.79 bits per heavy atom. The molecule has 1 aromatic heterocycles. The van der Waals surface area contributed by atoms with Gasteiger partial charge in [-0.15, -0.1) is 10.2 Å². The van der Waals surface area contributed by atoms with Crippen LogP contribution in [0.5, 0.6) is 11.5 Å². The van der Waals surface area contributed by atoms with Crippen LogP contribution in [0, 0.1) is 0 Å². The molecule has 3 aromatic carbocycles. The zero-order valence-corrected chi connectivity index (χ0v) is 25.1. The lowest BCUT2D eigenvalue weighted by atomic mass is 9.94. The van der Waals surface area contributed by atoms with Crippen molar-refractivity contribution in [1.82, 2.24) is 10.2 Å². The molecule has 6 rings (SSSR count). The maximum absolute atomic E-state index is 13.6. The van der Waals surface area contributed by atoms with Crippen LogP contribution in [0.3, 0.4) is 0 Å². The molecule has 8 nitrogen and oxygen atoms in total. The number of ketones is 1. The number of rotatable bonds is 8. The first-order chi connectivity index (χ1) is 20.3. The number of aliphatic hydroxyl groups excluding tert-OH is 1. The molecular weight excluding hydrogens is 594 g/mol. The predicted octanol–water partition coefficient (Wildman–Crippen LogP) is 6.83. The van der Waals surface area contributed by atoms with E-state index in [4.69, 9.17) is 21.1 Å². The van der Waals surface area contributed by atoms with Crippen LogP contribution < -0.4 is 14.4 Å². The van der Waals surface area contributed by atoms with Gasteiger partial charge in [0.25, 0.3) is 5.78 Å². The Morgan fingerprint density at radius 1 is 1.14 bits per heavy atom. The number of aromatic nitrogens is 2. The Hall–Kier alpha value is -3.86. The van der Waals surface area contributed by atoms with Gasteiger partial charge in [-0.05, 0) is 66.9 Å². The highest BCUT2D eigenvalue weighted by Gasteiger charge is 2.48. The summed E-state index contributed by atoms with van der Waals surface area (Å²) in [4.78, 5) is 28.5. The Balaban J connectivity index is 1.40. The molecule has 11 heteroatoms. The van der Waals surface area contributed by atoms with E-state index in [0.29, 0.717) is 45.0 Å². The Kier molecular flexibility index (Phi) is 7.94. The first-order valence-electron chi connectivity index (χ1n) is 13.4. The number of carbonyl (C=O) groups excluding carboxylic acids is 2. The molecule has 2 aliphatic heterocycles. The maximum atomic E-state index is 13.6. The lowest BCUT2D eigenvalue weighted by Gasteiger charge is -2.23. The quantitative estimate of drug-likeness (QED) is 0.0753. The van der Waals surface area contributed by atoms with Gasteiger partial charge in [0.1, 0.15) is 23.4 Å². The standard InChI is InChI=1S/C31H26ClN3O5S2/c1-3-39-22-9-6-8-18(15-22)26-25(27(36)19-11-12-24-21(14-19)13-17(2)40-24)28(37)29(38)35(26)30-33-34-31(42-30)41-16-20-7-4-5-10-23(20)32/h4-12,14-15,17,26,36H,3,13,16H2,1-2H3/b27-25+/t17-,26-/m0/s1. The number of carbonyl (C=O) groups is 2. The summed E-state index contributed by atoms with van der Waals surface area (Å²) in [5.41, 5.74) is 2.88. The second kappa shape index (κ2) is 11.8. The molecule has 1 saturated heterocycles. The smallest absolute Gasteiger partial charge is 0.301 e. The predicted molar refractivity (Wildman–Crippen MR) is 164 cm³/mol. The minimum absolute atomic E-state index is 0.0201. The second-order valence-corrected chi connectivity index (χ2v) is 12.4. The van der Waals surface area contributed by atoms with E-state index in [2.05, 4.69) is 10.2 Å². The molecular formula is C31H26ClN3O5S2. The number of anilines is 1. The van der Waals surface area contributed by atoms with Crippen molar-refractivity contribution in [2.24, 2.45) is 0 Å². The summed E-state index contributed by atoms with van der Waals surface area (Å²) in [6.07, 6.45) is 0.705. The highest BCUT2D eigenvalue weighted by atomic mass is 35.5. The number of aliphatic hydroxyl groups is 1. The van der Waals surface area contributed by atoms with Crippen LogP contribution in [0.25, 0.3) is 5.76 Å². The fourth-order valence-electron chi connectivity index (χ4n) is 5.12. The number of thioether (sulfide) groups is 1. The minimum atomic E-state index is -0.941. The van der Waals surface area contributed by atoms with E-state index in [-0.39, 0.29) is 22.6 Å². The number of ether oxygens (including phenoxy) is 2. The summed E-state index contributed by atoms with van der Waals surface area (Å²) in [5.74, 6) is 0.0369. The number of nitrogens with zero attached hydrogens (tertiary/aromatic N) is 3. The van der Waals surface area contributed by atoms with Crippen LogP contribution >= 0.6 is 34.7 Å². The molecule has 0 saturated carbocycles. The number of Topliss-reactive ketones (excluding diaryl/α,β-unsaturated/α-hetero) is 1. The number of halogens is 1. The van der Waals surface area contributed by atoms with E-state index in [1.54, 1.807) is 36.4 Å². The van der Waals surface area contributed by atoms with Crippen molar-refractivity contribution in [2.75, 3.05) is 11.5 Å². The maximum Gasteiger partial charge on any atom is 0.301 e. The lowest BCUT2D eigenvalue weighted by molar-refractivity contribution is -0.132. The van der Waals surface area contributed by atoms with Crippen LogP contribution in [0.1, 0.15) is 42.1 Å². The van der Waals surface area contributed by atoms with Gasteiger partial charge in [0.05, 0.1) is 18.2 Å². The number of hydrogen-bond acceptors (Lipinski definition) is 9. The van der Waals surface area contributed by atoms with Crippen LogP contribution in [-0.4, -0.2) is 39.7 Å². The first-order valence-corrected chi connectivity index (χ1v) is 15.6. The van der Waals surface area contributed by atoms with E-state index in [9.17, 15) is 14.7 Å². The molecule has 0 bridgehead atoms. The molecule has 214 valence electrons. The Bertz CT molecular complexity index is 1720.